The number of fused-ring (bicyclic) bond motifs is 1. The van der Waals surface area contributed by atoms with Gasteiger partial charge < -0.3 is 19.9 Å². The van der Waals surface area contributed by atoms with E-state index in [2.05, 4.69) is 0 Å². The van der Waals surface area contributed by atoms with Gasteiger partial charge in [-0.15, -0.1) is 0 Å². The summed E-state index contributed by atoms with van der Waals surface area (Å²) < 4.78 is 16.9. The minimum atomic E-state index is -0.509. The molecule has 3 aromatic rings. The number of ether oxygens (including phenoxy) is 3. The number of carbonyl (C=O) groups is 3. The molecule has 1 aliphatic heterocycles. The lowest BCUT2D eigenvalue weighted by atomic mass is 9.94. The van der Waals surface area contributed by atoms with Crippen molar-refractivity contribution in [1.29, 1.82) is 0 Å². The van der Waals surface area contributed by atoms with Crippen LogP contribution in [0, 0.1) is 6.92 Å². The van der Waals surface area contributed by atoms with Crippen molar-refractivity contribution < 1.29 is 28.6 Å². The number of benzene rings is 3. The third kappa shape index (κ3) is 4.57. The molecule has 7 nitrogen and oxygen atoms in total. The van der Waals surface area contributed by atoms with Gasteiger partial charge in [-0.1, -0.05) is 24.3 Å². The van der Waals surface area contributed by atoms with Crippen LogP contribution in [0.1, 0.15) is 60.3 Å². The highest BCUT2D eigenvalue weighted by Gasteiger charge is 2.30. The summed E-state index contributed by atoms with van der Waals surface area (Å²) in [5, 5.41) is 0. The number of hydrogen-bond donors (Lipinski definition) is 1. The van der Waals surface area contributed by atoms with Gasteiger partial charge in [-0.2, -0.15) is 0 Å². The third-order valence-electron chi connectivity index (χ3n) is 5.62. The second-order valence-electron chi connectivity index (χ2n) is 7.76. The van der Waals surface area contributed by atoms with E-state index >= 15 is 0 Å². The molecule has 2 N–H and O–H groups in total. The van der Waals surface area contributed by atoms with E-state index in [0.29, 0.717) is 28.2 Å². The molecule has 1 aliphatic rings. The Morgan fingerprint density at radius 1 is 1.00 bits per heavy atom. The largest absolute Gasteiger partial charge is 0.488 e. The molecule has 1 unspecified atom stereocenters. The van der Waals surface area contributed by atoms with Crippen LogP contribution in [0.2, 0.25) is 0 Å². The first-order valence-corrected chi connectivity index (χ1v) is 10.4. The van der Waals surface area contributed by atoms with Gasteiger partial charge in [0.2, 0.25) is 5.91 Å². The van der Waals surface area contributed by atoms with Crippen LogP contribution in [0.5, 0.6) is 11.5 Å². The predicted octanol–water partition coefficient (Wildman–Crippen LogP) is 4.17. The highest BCUT2D eigenvalue weighted by atomic mass is 16.5. The molecule has 1 atom stereocenters. The number of primary amides is 1. The number of ketones is 1. The minimum absolute atomic E-state index is 0.0201. The maximum absolute atomic E-state index is 12.8. The summed E-state index contributed by atoms with van der Waals surface area (Å²) in [7, 11) is 1.34. The molecule has 0 aromatic heterocycles. The summed E-state index contributed by atoms with van der Waals surface area (Å²) in [5.41, 5.74) is 9.08. The maximum Gasteiger partial charge on any atom is 0.337 e. The fourth-order valence-electron chi connectivity index (χ4n) is 3.73. The van der Waals surface area contributed by atoms with Gasteiger partial charge in [0.25, 0.3) is 0 Å². The molecule has 0 saturated carbocycles. The molecule has 33 heavy (non-hydrogen) atoms. The van der Waals surface area contributed by atoms with E-state index in [1.807, 2.05) is 6.92 Å². The molecular formula is C26H23NO6. The number of esters is 1. The number of nitrogens with two attached hydrogens (primary N) is 1. The maximum atomic E-state index is 12.8. The fraction of sp³-hybridized carbons (Fsp3) is 0.192. The van der Waals surface area contributed by atoms with Crippen LogP contribution in [0.15, 0.2) is 60.7 Å². The Hall–Kier alpha value is -4.13. The Morgan fingerprint density at radius 2 is 1.67 bits per heavy atom. The van der Waals surface area contributed by atoms with Crippen molar-refractivity contribution in [3.8, 4) is 11.5 Å². The zero-order valence-electron chi connectivity index (χ0n) is 18.3. The Bertz CT molecular complexity index is 1210. The van der Waals surface area contributed by atoms with Crippen LogP contribution in [0.4, 0.5) is 0 Å². The van der Waals surface area contributed by atoms with E-state index < -0.39 is 18.0 Å². The molecule has 1 amide bonds. The predicted molar refractivity (Wildman–Crippen MR) is 121 cm³/mol. The molecule has 4 rings (SSSR count). The zero-order valence-corrected chi connectivity index (χ0v) is 18.3. The van der Waals surface area contributed by atoms with E-state index in [-0.39, 0.29) is 18.8 Å². The summed E-state index contributed by atoms with van der Waals surface area (Å²) >= 11 is 0. The zero-order chi connectivity index (χ0) is 23.5. The van der Waals surface area contributed by atoms with Crippen LogP contribution in [0.3, 0.4) is 0 Å². The van der Waals surface area contributed by atoms with Crippen LogP contribution in [0.25, 0.3) is 0 Å². The third-order valence-corrected chi connectivity index (χ3v) is 5.62. The summed E-state index contributed by atoms with van der Waals surface area (Å²) in [6, 6.07) is 17.2. The van der Waals surface area contributed by atoms with Gasteiger partial charge in [-0.3, -0.25) is 9.59 Å². The average Bonchev–Trinajstić information content (AvgIpc) is 2.83. The molecule has 0 saturated heterocycles. The van der Waals surface area contributed by atoms with E-state index in [1.54, 1.807) is 60.7 Å². The van der Waals surface area contributed by atoms with Crippen LogP contribution in [-0.4, -0.2) is 24.8 Å². The first kappa shape index (κ1) is 22.1. The quantitative estimate of drug-likeness (QED) is 0.571. The molecule has 0 bridgehead atoms. The van der Waals surface area contributed by atoms with Gasteiger partial charge in [0.1, 0.15) is 24.2 Å². The number of carbonyl (C=O) groups excluding carboxylic acids is 3. The molecule has 168 valence electrons. The Labute approximate surface area is 191 Å². The lowest BCUT2D eigenvalue weighted by Gasteiger charge is -2.27. The van der Waals surface area contributed by atoms with Crippen molar-refractivity contribution in [2.24, 2.45) is 5.73 Å². The van der Waals surface area contributed by atoms with Gasteiger partial charge in [-0.05, 0) is 54.4 Å². The summed E-state index contributed by atoms with van der Waals surface area (Å²) in [4.78, 5) is 35.7. The van der Waals surface area contributed by atoms with E-state index in [0.717, 1.165) is 16.7 Å². The first-order chi connectivity index (χ1) is 15.9. The van der Waals surface area contributed by atoms with Crippen molar-refractivity contribution in [3.05, 3.63) is 94.0 Å². The number of hydrogen-bond acceptors (Lipinski definition) is 6. The smallest absolute Gasteiger partial charge is 0.337 e. The molecule has 0 aliphatic carbocycles. The topological polar surface area (TPSA) is 105 Å². The summed E-state index contributed by atoms with van der Waals surface area (Å²) in [6.45, 7) is 2.13. The summed E-state index contributed by atoms with van der Waals surface area (Å²) in [6.07, 6.45) is -0.263. The first-order valence-electron chi connectivity index (χ1n) is 10.4. The number of methoxy groups -OCH3 is 1. The second-order valence-corrected chi connectivity index (χ2v) is 7.76. The lowest BCUT2D eigenvalue weighted by molar-refractivity contribution is 0.0600. The van der Waals surface area contributed by atoms with Crippen LogP contribution >= 0.6 is 0 Å². The number of amides is 1. The lowest BCUT2D eigenvalue weighted by Crippen LogP contribution is -2.21. The Kier molecular flexibility index (Phi) is 6.13. The van der Waals surface area contributed by atoms with E-state index in [4.69, 9.17) is 19.9 Å². The molecule has 7 heteroatoms. The van der Waals surface area contributed by atoms with Crippen LogP contribution < -0.4 is 15.2 Å². The standard InChI is InChI=1S/C26H23NO6/c1-15-22(32-14-16-3-5-19(6-4-16)26(30)31-2)12-11-20-21(28)13-23(33-24(15)20)17-7-9-18(10-8-17)25(27)29/h3-12,23H,13-14H2,1-2H3,(H2,27,29). The van der Waals surface area contributed by atoms with Crippen molar-refractivity contribution in [2.75, 3.05) is 7.11 Å². The number of rotatable bonds is 6. The van der Waals surface area contributed by atoms with Crippen LogP contribution in [-0.2, 0) is 11.3 Å². The van der Waals surface area contributed by atoms with Crippen molar-refractivity contribution in [2.45, 2.75) is 26.1 Å². The van der Waals surface area contributed by atoms with E-state index in [9.17, 15) is 14.4 Å². The molecular weight excluding hydrogens is 422 g/mol. The number of Topliss-reactive ketones (excluding diaryl/α,β-unsaturated/α-hetero) is 1. The average molecular weight is 445 g/mol. The van der Waals surface area contributed by atoms with Gasteiger partial charge >= 0.3 is 5.97 Å². The fourth-order valence-corrected chi connectivity index (χ4v) is 3.73. The second kappa shape index (κ2) is 9.16. The SMILES string of the molecule is COC(=O)c1ccc(COc2ccc3c(c2C)OC(c2ccc(C(N)=O)cc2)CC3=O)cc1. The summed E-state index contributed by atoms with van der Waals surface area (Å²) in [5.74, 6) is 0.170. The molecule has 3 aromatic carbocycles. The van der Waals surface area contributed by atoms with E-state index in [1.165, 1.54) is 7.11 Å². The van der Waals surface area contributed by atoms with Crippen molar-refractivity contribution in [3.63, 3.8) is 0 Å². The highest BCUT2D eigenvalue weighted by Crippen LogP contribution is 2.40. The van der Waals surface area contributed by atoms with Gasteiger partial charge in [0, 0.05) is 11.1 Å². The normalized spacial score (nSPS) is 14.7. The minimum Gasteiger partial charge on any atom is -0.488 e. The Morgan fingerprint density at radius 3 is 2.30 bits per heavy atom. The van der Waals surface area contributed by atoms with Gasteiger partial charge in [-0.25, -0.2) is 4.79 Å². The van der Waals surface area contributed by atoms with Gasteiger partial charge in [0.15, 0.2) is 5.78 Å². The molecule has 1 heterocycles. The van der Waals surface area contributed by atoms with Crippen molar-refractivity contribution in [1.82, 2.24) is 0 Å². The van der Waals surface area contributed by atoms with Gasteiger partial charge in [0.05, 0.1) is 24.7 Å². The monoisotopic (exact) mass is 445 g/mol. The Balaban J connectivity index is 1.52. The molecule has 0 spiro atoms. The molecule has 0 fully saturated rings. The molecule has 0 radical (unpaired) electrons. The van der Waals surface area contributed by atoms with Crippen molar-refractivity contribution >= 4 is 17.7 Å². The highest BCUT2D eigenvalue weighted by molar-refractivity contribution is 6.00.